The van der Waals surface area contributed by atoms with Crippen LogP contribution in [-0.2, 0) is 25.1 Å². The number of hydrogen-bond acceptors (Lipinski definition) is 8. The molecule has 0 saturated carbocycles. The van der Waals surface area contributed by atoms with E-state index in [0.717, 1.165) is 4.57 Å². The van der Waals surface area contributed by atoms with Crippen molar-refractivity contribution in [3.63, 3.8) is 0 Å². The normalized spacial score (nSPS) is 11.3. The molecule has 0 atom stereocenters. The van der Waals surface area contributed by atoms with Crippen LogP contribution >= 0.6 is 0 Å². The number of carbonyl (C=O) groups is 1. The van der Waals surface area contributed by atoms with Crippen LogP contribution in [0.5, 0.6) is 11.5 Å². The highest BCUT2D eigenvalue weighted by Crippen LogP contribution is 2.33. The van der Waals surface area contributed by atoms with Gasteiger partial charge in [0.05, 0.1) is 11.8 Å². The molecule has 4 heterocycles. The zero-order chi connectivity index (χ0) is 26.9. The topological polar surface area (TPSA) is 140 Å². The highest BCUT2D eigenvalue weighted by molar-refractivity contribution is 5.90. The summed E-state index contributed by atoms with van der Waals surface area (Å²) in [6.45, 7) is -1.24. The lowest BCUT2D eigenvalue weighted by Crippen LogP contribution is -2.23. The highest BCUT2D eigenvalue weighted by atomic mass is 19.4. The van der Waals surface area contributed by atoms with Crippen LogP contribution in [-0.4, -0.2) is 36.7 Å². The van der Waals surface area contributed by atoms with Gasteiger partial charge in [0.25, 0.3) is 11.5 Å². The first-order valence-electron chi connectivity index (χ1n) is 10.3. The first kappa shape index (κ1) is 25.1. The highest BCUT2D eigenvalue weighted by Gasteiger charge is 2.32. The van der Waals surface area contributed by atoms with Gasteiger partial charge in [-0.05, 0) is 12.1 Å². The van der Waals surface area contributed by atoms with E-state index in [9.17, 15) is 32.4 Å². The van der Waals surface area contributed by atoms with Crippen LogP contribution in [0.4, 0.5) is 35.0 Å². The molecule has 190 valence electrons. The van der Waals surface area contributed by atoms with Gasteiger partial charge in [-0.1, -0.05) is 0 Å². The number of ether oxygens (including phenoxy) is 1. The van der Waals surface area contributed by atoms with E-state index in [0.29, 0.717) is 12.3 Å². The van der Waals surface area contributed by atoms with Crippen LogP contribution in [0.25, 0.3) is 11.2 Å². The number of carbonyl (C=O) groups excluding carboxylic acids is 1. The number of fused-ring (bicyclic) bond motifs is 1. The van der Waals surface area contributed by atoms with Gasteiger partial charge in [0.1, 0.15) is 34.4 Å². The van der Waals surface area contributed by atoms with E-state index in [1.165, 1.54) is 43.2 Å². The average molecular weight is 516 g/mol. The molecule has 0 radical (unpaired) electrons. The first-order chi connectivity index (χ1) is 17.5. The Kier molecular flexibility index (Phi) is 6.49. The zero-order valence-corrected chi connectivity index (χ0v) is 19.1. The van der Waals surface area contributed by atoms with Gasteiger partial charge in [0.15, 0.2) is 18.1 Å². The monoisotopic (exact) mass is 516 g/mol. The SMILES string of the molecule is Cn1cc(C(F)(F)F)cc(Nc2nc3ncc(Oc4ccnc(NC(=O)CF)c4)c(C#N)c3n2C)c1=O. The van der Waals surface area contributed by atoms with Crippen molar-refractivity contribution in [3.05, 3.63) is 58.3 Å². The number of halogens is 4. The fraction of sp³-hybridized carbons (Fsp3) is 0.182. The number of alkyl halides is 4. The van der Waals surface area contributed by atoms with Crippen molar-refractivity contribution in [2.75, 3.05) is 17.3 Å². The van der Waals surface area contributed by atoms with E-state index in [1.54, 1.807) is 0 Å². The van der Waals surface area contributed by atoms with Crippen LogP contribution < -0.4 is 20.9 Å². The number of aromatic nitrogens is 5. The Balaban J connectivity index is 1.72. The second kappa shape index (κ2) is 9.57. The van der Waals surface area contributed by atoms with E-state index in [2.05, 4.69) is 25.6 Å². The maximum Gasteiger partial charge on any atom is 0.417 e. The minimum atomic E-state index is -4.68. The van der Waals surface area contributed by atoms with Crippen LogP contribution in [0.3, 0.4) is 0 Å². The molecule has 2 N–H and O–H groups in total. The summed E-state index contributed by atoms with van der Waals surface area (Å²) in [4.78, 5) is 35.9. The third-order valence-corrected chi connectivity index (χ3v) is 5.08. The average Bonchev–Trinajstić information content (AvgIpc) is 3.16. The molecular formula is C22H16F4N8O3. The van der Waals surface area contributed by atoms with E-state index >= 15 is 0 Å². The summed E-state index contributed by atoms with van der Waals surface area (Å²) in [6.07, 6.45) is -1.50. The standard InChI is InChI=1S/C22H16F4N8O3/c1-33-10-11(22(24,25)26)5-14(20(33)36)30-21-32-19-18(34(21)2)13(8-27)15(9-29-19)37-12-3-4-28-16(6-12)31-17(35)7-23/h3-6,9-10H,7H2,1-2H3,(H,28,31,35)(H,29,30,32). The van der Waals surface area contributed by atoms with Gasteiger partial charge < -0.3 is 24.5 Å². The van der Waals surface area contributed by atoms with Gasteiger partial charge in [0, 0.05) is 32.6 Å². The number of nitrogens with one attached hydrogen (secondary N) is 2. The maximum atomic E-state index is 13.2. The number of aryl methyl sites for hydroxylation is 2. The molecule has 11 nitrogen and oxygen atoms in total. The Hall–Kier alpha value is -5.00. The predicted octanol–water partition coefficient (Wildman–Crippen LogP) is 3.40. The number of imidazole rings is 1. The second-order valence-corrected chi connectivity index (χ2v) is 7.62. The van der Waals surface area contributed by atoms with Crippen LogP contribution in [0.15, 0.2) is 41.6 Å². The summed E-state index contributed by atoms with van der Waals surface area (Å²) in [5.74, 6) is -0.797. The summed E-state index contributed by atoms with van der Waals surface area (Å²) in [7, 11) is 2.66. The van der Waals surface area contributed by atoms with Crippen LogP contribution in [0.1, 0.15) is 11.1 Å². The maximum absolute atomic E-state index is 13.2. The van der Waals surface area contributed by atoms with Gasteiger partial charge in [0.2, 0.25) is 5.95 Å². The minimum absolute atomic E-state index is 0.00602. The van der Waals surface area contributed by atoms with Crippen molar-refractivity contribution < 1.29 is 27.1 Å². The quantitative estimate of drug-likeness (QED) is 0.372. The van der Waals surface area contributed by atoms with Gasteiger partial charge in [-0.15, -0.1) is 0 Å². The summed E-state index contributed by atoms with van der Waals surface area (Å²) in [5, 5.41) is 14.6. The summed E-state index contributed by atoms with van der Waals surface area (Å²) in [6, 6.07) is 5.37. The van der Waals surface area contributed by atoms with Crippen LogP contribution in [0, 0.1) is 11.3 Å². The molecule has 0 bridgehead atoms. The Morgan fingerprint density at radius 2 is 2.00 bits per heavy atom. The summed E-state index contributed by atoms with van der Waals surface area (Å²) in [5.41, 5.74) is -1.94. The number of pyridine rings is 3. The van der Waals surface area contributed by atoms with Gasteiger partial charge in [-0.25, -0.2) is 14.4 Å². The zero-order valence-electron chi connectivity index (χ0n) is 19.1. The van der Waals surface area contributed by atoms with E-state index < -0.39 is 29.9 Å². The van der Waals surface area contributed by atoms with Gasteiger partial charge in [-0.3, -0.25) is 9.59 Å². The predicted molar refractivity (Wildman–Crippen MR) is 122 cm³/mol. The Labute approximate surface area is 205 Å². The molecule has 0 aliphatic rings. The molecule has 15 heteroatoms. The molecule has 0 aliphatic carbocycles. The van der Waals surface area contributed by atoms with Crippen molar-refractivity contribution in [2.45, 2.75) is 6.18 Å². The minimum Gasteiger partial charge on any atom is -0.454 e. The third-order valence-electron chi connectivity index (χ3n) is 5.08. The fourth-order valence-corrected chi connectivity index (χ4v) is 3.37. The number of rotatable bonds is 6. The molecular weight excluding hydrogens is 500 g/mol. The number of amides is 1. The van der Waals surface area contributed by atoms with Crippen molar-refractivity contribution in [3.8, 4) is 17.6 Å². The molecule has 0 aliphatic heterocycles. The van der Waals surface area contributed by atoms with E-state index in [4.69, 9.17) is 4.74 Å². The molecule has 4 aromatic rings. The smallest absolute Gasteiger partial charge is 0.417 e. The van der Waals surface area contributed by atoms with Gasteiger partial charge in [-0.2, -0.15) is 23.4 Å². The second-order valence-electron chi connectivity index (χ2n) is 7.62. The largest absolute Gasteiger partial charge is 0.454 e. The lowest BCUT2D eigenvalue weighted by molar-refractivity contribution is -0.138. The molecule has 0 aromatic carbocycles. The Bertz CT molecular complexity index is 1620. The van der Waals surface area contributed by atoms with E-state index in [-0.39, 0.29) is 45.7 Å². The Morgan fingerprint density at radius 3 is 2.68 bits per heavy atom. The number of hydrogen-bond donors (Lipinski definition) is 2. The number of nitriles is 1. The lowest BCUT2D eigenvalue weighted by Gasteiger charge is -2.12. The molecule has 0 fully saturated rings. The van der Waals surface area contributed by atoms with Crippen molar-refractivity contribution >= 4 is 34.5 Å². The molecule has 37 heavy (non-hydrogen) atoms. The first-order valence-corrected chi connectivity index (χ1v) is 10.3. The fourth-order valence-electron chi connectivity index (χ4n) is 3.37. The van der Waals surface area contributed by atoms with Crippen molar-refractivity contribution in [2.24, 2.45) is 14.1 Å². The lowest BCUT2D eigenvalue weighted by atomic mass is 10.2. The third kappa shape index (κ3) is 5.03. The van der Waals surface area contributed by atoms with Crippen molar-refractivity contribution in [1.82, 2.24) is 24.1 Å². The molecule has 0 saturated heterocycles. The molecule has 0 spiro atoms. The van der Waals surface area contributed by atoms with E-state index in [1.807, 2.05) is 6.07 Å². The molecule has 4 aromatic heterocycles. The molecule has 4 rings (SSSR count). The van der Waals surface area contributed by atoms with Crippen LogP contribution in [0.2, 0.25) is 0 Å². The summed E-state index contributed by atoms with van der Waals surface area (Å²) < 4.78 is 60.0. The summed E-state index contributed by atoms with van der Waals surface area (Å²) >= 11 is 0. The molecule has 0 unspecified atom stereocenters. The van der Waals surface area contributed by atoms with Crippen molar-refractivity contribution in [1.29, 1.82) is 5.26 Å². The van der Waals surface area contributed by atoms with Gasteiger partial charge >= 0.3 is 6.18 Å². The number of nitrogens with zero attached hydrogens (tertiary/aromatic N) is 6. The number of anilines is 3. The Morgan fingerprint density at radius 1 is 1.24 bits per heavy atom. The molecule has 1 amide bonds.